The fourth-order valence-electron chi connectivity index (χ4n) is 2.19. The molecule has 2 nitrogen and oxygen atoms in total. The van der Waals surface area contributed by atoms with Crippen LogP contribution in [-0.4, -0.2) is 38.1 Å². The summed E-state index contributed by atoms with van der Waals surface area (Å²) >= 11 is 0. The van der Waals surface area contributed by atoms with Gasteiger partial charge in [-0.25, -0.2) is 0 Å². The fraction of sp³-hybridized carbons (Fsp3) is 1.00. The minimum absolute atomic E-state index is 0.698. The minimum atomic E-state index is 0.698. The maximum absolute atomic E-state index is 3.46. The van der Waals surface area contributed by atoms with Crippen LogP contribution in [0.1, 0.15) is 12.8 Å². The summed E-state index contributed by atoms with van der Waals surface area (Å²) < 4.78 is 0. The van der Waals surface area contributed by atoms with Crippen molar-refractivity contribution in [3.05, 3.63) is 0 Å². The molecule has 2 heteroatoms. The lowest BCUT2D eigenvalue weighted by molar-refractivity contribution is 0.241. The van der Waals surface area contributed by atoms with Gasteiger partial charge in [-0.15, -0.1) is 0 Å². The molecule has 0 radical (unpaired) electrons. The van der Waals surface area contributed by atoms with Crippen molar-refractivity contribution in [1.29, 1.82) is 0 Å². The van der Waals surface area contributed by atoms with Gasteiger partial charge in [0.15, 0.2) is 0 Å². The van der Waals surface area contributed by atoms with Gasteiger partial charge >= 0.3 is 0 Å². The highest BCUT2D eigenvalue weighted by molar-refractivity contribution is 5.08. The normalized spacial score (nSPS) is 35.7. The predicted molar refractivity (Wildman–Crippen MR) is 42.0 cm³/mol. The molecule has 1 heterocycles. The Morgan fingerprint density at radius 1 is 1.40 bits per heavy atom. The van der Waals surface area contributed by atoms with Gasteiger partial charge in [-0.3, -0.25) is 0 Å². The third-order valence-electron chi connectivity index (χ3n) is 3.04. The van der Waals surface area contributed by atoms with E-state index in [2.05, 4.69) is 24.3 Å². The van der Waals surface area contributed by atoms with Crippen LogP contribution in [0.15, 0.2) is 0 Å². The van der Waals surface area contributed by atoms with Crippen LogP contribution >= 0.6 is 0 Å². The van der Waals surface area contributed by atoms with Gasteiger partial charge in [-0.05, 0) is 32.4 Å². The van der Waals surface area contributed by atoms with Gasteiger partial charge in [-0.2, -0.15) is 0 Å². The van der Waals surface area contributed by atoms with Crippen molar-refractivity contribution in [3.63, 3.8) is 0 Å². The predicted octanol–water partition coefficient (Wildman–Crippen LogP) is 0.300. The Hall–Kier alpha value is -0.0800. The molecule has 1 aliphatic carbocycles. The minimum Gasteiger partial charge on any atom is -0.315 e. The van der Waals surface area contributed by atoms with E-state index in [0.29, 0.717) is 5.41 Å². The number of likely N-dealkylation sites (N-methyl/N-ethyl adjacent to an activating group) is 1. The van der Waals surface area contributed by atoms with E-state index in [1.54, 1.807) is 0 Å². The summed E-state index contributed by atoms with van der Waals surface area (Å²) in [6.45, 7) is 2.46. The largest absolute Gasteiger partial charge is 0.315 e. The van der Waals surface area contributed by atoms with Crippen molar-refractivity contribution in [2.24, 2.45) is 5.41 Å². The third-order valence-corrected chi connectivity index (χ3v) is 3.04. The molecule has 58 valence electrons. The van der Waals surface area contributed by atoms with E-state index in [0.717, 1.165) is 6.04 Å². The molecule has 10 heavy (non-hydrogen) atoms. The number of rotatable bonds is 1. The Kier molecular flexibility index (Phi) is 1.29. The summed E-state index contributed by atoms with van der Waals surface area (Å²) in [5.41, 5.74) is 0.698. The van der Waals surface area contributed by atoms with Crippen molar-refractivity contribution < 1.29 is 0 Å². The Morgan fingerprint density at radius 2 is 2.10 bits per heavy atom. The van der Waals surface area contributed by atoms with Crippen molar-refractivity contribution >= 4 is 0 Å². The van der Waals surface area contributed by atoms with Crippen LogP contribution in [0, 0.1) is 5.41 Å². The molecule has 2 aliphatic rings. The molecule has 0 aromatic heterocycles. The van der Waals surface area contributed by atoms with E-state index >= 15 is 0 Å². The van der Waals surface area contributed by atoms with Gasteiger partial charge in [0, 0.05) is 19.1 Å². The highest BCUT2D eigenvalue weighted by atomic mass is 15.2. The van der Waals surface area contributed by atoms with Crippen molar-refractivity contribution in [2.45, 2.75) is 18.9 Å². The summed E-state index contributed by atoms with van der Waals surface area (Å²) in [7, 11) is 4.38. The van der Waals surface area contributed by atoms with Gasteiger partial charge < -0.3 is 10.2 Å². The monoisotopic (exact) mass is 140 g/mol. The maximum atomic E-state index is 3.46. The molecule has 1 saturated carbocycles. The topological polar surface area (TPSA) is 15.3 Å². The van der Waals surface area contributed by atoms with Gasteiger partial charge in [0.05, 0.1) is 0 Å². The Labute approximate surface area is 62.6 Å². The second kappa shape index (κ2) is 1.95. The third kappa shape index (κ3) is 0.789. The van der Waals surface area contributed by atoms with E-state index in [4.69, 9.17) is 0 Å². The van der Waals surface area contributed by atoms with Crippen molar-refractivity contribution in [3.8, 4) is 0 Å². The van der Waals surface area contributed by atoms with E-state index in [9.17, 15) is 0 Å². The SMILES string of the molecule is CN(C)C1CNCC12CC2. The van der Waals surface area contributed by atoms with Crippen LogP contribution in [-0.2, 0) is 0 Å². The lowest BCUT2D eigenvalue weighted by Crippen LogP contribution is -2.35. The average molecular weight is 140 g/mol. The molecule has 0 aromatic rings. The van der Waals surface area contributed by atoms with E-state index in [1.165, 1.54) is 25.9 Å². The molecule has 1 aliphatic heterocycles. The van der Waals surface area contributed by atoms with Crippen LogP contribution in [0.5, 0.6) is 0 Å². The molecule has 1 atom stereocenters. The molecule has 0 aromatic carbocycles. The van der Waals surface area contributed by atoms with Crippen LogP contribution in [0.25, 0.3) is 0 Å². The Balaban J connectivity index is 2.07. The molecule has 1 spiro atoms. The first-order valence-corrected chi connectivity index (χ1v) is 4.12. The fourth-order valence-corrected chi connectivity index (χ4v) is 2.19. The molecule has 1 N–H and O–H groups in total. The second-order valence-electron chi connectivity index (χ2n) is 3.97. The van der Waals surface area contributed by atoms with Gasteiger partial charge in [0.2, 0.25) is 0 Å². The lowest BCUT2D eigenvalue weighted by Gasteiger charge is -2.24. The zero-order valence-electron chi connectivity index (χ0n) is 6.85. The van der Waals surface area contributed by atoms with Crippen LogP contribution in [0.2, 0.25) is 0 Å². The molecule has 1 saturated heterocycles. The van der Waals surface area contributed by atoms with Crippen LogP contribution in [0.4, 0.5) is 0 Å². The number of hydrogen-bond acceptors (Lipinski definition) is 2. The van der Waals surface area contributed by atoms with Crippen LogP contribution < -0.4 is 5.32 Å². The maximum Gasteiger partial charge on any atom is 0.0283 e. The second-order valence-corrected chi connectivity index (χ2v) is 3.97. The standard InChI is InChI=1S/C8H16N2/c1-10(2)7-5-9-6-8(7)3-4-8/h7,9H,3-6H2,1-2H3. The first-order chi connectivity index (χ1) is 4.75. The average Bonchev–Trinajstić information content (AvgIpc) is 2.42. The Morgan fingerprint density at radius 3 is 2.50 bits per heavy atom. The van der Waals surface area contributed by atoms with Gasteiger partial charge in [0.25, 0.3) is 0 Å². The smallest absolute Gasteiger partial charge is 0.0283 e. The number of nitrogens with one attached hydrogen (secondary N) is 1. The van der Waals surface area contributed by atoms with E-state index < -0.39 is 0 Å². The quantitative estimate of drug-likeness (QED) is 0.563. The molecule has 2 fully saturated rings. The highest BCUT2D eigenvalue weighted by Crippen LogP contribution is 2.51. The zero-order valence-corrected chi connectivity index (χ0v) is 6.85. The molecule has 2 rings (SSSR count). The molecule has 0 bridgehead atoms. The van der Waals surface area contributed by atoms with E-state index in [1.807, 2.05) is 0 Å². The summed E-state index contributed by atoms with van der Waals surface area (Å²) in [5.74, 6) is 0. The van der Waals surface area contributed by atoms with Gasteiger partial charge in [-0.1, -0.05) is 0 Å². The number of nitrogens with zero attached hydrogens (tertiary/aromatic N) is 1. The van der Waals surface area contributed by atoms with Gasteiger partial charge in [0.1, 0.15) is 0 Å². The summed E-state index contributed by atoms with van der Waals surface area (Å²) in [4.78, 5) is 2.37. The number of hydrogen-bond donors (Lipinski definition) is 1. The first-order valence-electron chi connectivity index (χ1n) is 4.12. The lowest BCUT2D eigenvalue weighted by atomic mass is 10.0. The molecular formula is C8H16N2. The Bertz CT molecular complexity index is 138. The molecule has 0 amide bonds. The summed E-state index contributed by atoms with van der Waals surface area (Å²) in [6, 6.07) is 0.812. The zero-order chi connectivity index (χ0) is 7.19. The van der Waals surface area contributed by atoms with Crippen molar-refractivity contribution in [2.75, 3.05) is 27.2 Å². The molecule has 1 unspecified atom stereocenters. The first kappa shape index (κ1) is 6.62. The highest BCUT2D eigenvalue weighted by Gasteiger charge is 2.52. The molecular weight excluding hydrogens is 124 g/mol. The summed E-state index contributed by atoms with van der Waals surface area (Å²) in [5, 5.41) is 3.46. The summed E-state index contributed by atoms with van der Waals surface area (Å²) in [6.07, 6.45) is 2.89. The van der Waals surface area contributed by atoms with Crippen molar-refractivity contribution in [1.82, 2.24) is 10.2 Å². The van der Waals surface area contributed by atoms with E-state index in [-0.39, 0.29) is 0 Å². The van der Waals surface area contributed by atoms with Crippen LogP contribution in [0.3, 0.4) is 0 Å².